The summed E-state index contributed by atoms with van der Waals surface area (Å²) in [4.78, 5) is 28.2. The molecule has 0 unspecified atom stereocenters. The van der Waals surface area contributed by atoms with Gasteiger partial charge >= 0.3 is 6.18 Å². The summed E-state index contributed by atoms with van der Waals surface area (Å²) < 4.78 is 71.5. The largest absolute Gasteiger partial charge is 0.482 e. The van der Waals surface area contributed by atoms with Crippen molar-refractivity contribution in [3.05, 3.63) is 42.0 Å². The van der Waals surface area contributed by atoms with E-state index in [2.05, 4.69) is 10.0 Å². The van der Waals surface area contributed by atoms with E-state index >= 15 is 0 Å². The van der Waals surface area contributed by atoms with E-state index < -0.39 is 53.5 Å². The van der Waals surface area contributed by atoms with Crippen LogP contribution >= 0.6 is 0 Å². The Balaban J connectivity index is 1.42. The third kappa shape index (κ3) is 6.28. The van der Waals surface area contributed by atoms with Crippen molar-refractivity contribution in [1.82, 2.24) is 0 Å². The zero-order chi connectivity index (χ0) is 28.7. The third-order valence-corrected chi connectivity index (χ3v) is 8.76. The average molecular weight is 583 g/mol. The maximum absolute atomic E-state index is 13.5. The number of ether oxygens (including phenoxy) is 1. The minimum absolute atomic E-state index is 0.0874. The van der Waals surface area contributed by atoms with Crippen LogP contribution in [-0.2, 0) is 14.8 Å². The summed E-state index contributed by atoms with van der Waals surface area (Å²) in [6.45, 7) is -1.21. The van der Waals surface area contributed by atoms with Crippen LogP contribution in [0.1, 0.15) is 36.0 Å². The number of anilines is 4. The van der Waals surface area contributed by atoms with Gasteiger partial charge in [0.1, 0.15) is 12.3 Å². The predicted molar refractivity (Wildman–Crippen MR) is 142 cm³/mol. The highest BCUT2D eigenvalue weighted by Crippen LogP contribution is 2.54. The molecule has 5 rings (SSSR count). The molecule has 14 heteroatoms. The van der Waals surface area contributed by atoms with Gasteiger partial charge in [-0.3, -0.25) is 19.2 Å². The summed E-state index contributed by atoms with van der Waals surface area (Å²) in [7, 11) is -3.80. The standard InChI is InChI=1S/C26H29F3N4O6S/c27-26(28,29)16-33-21-13-17(2-4-22(21)39-15-23(33)35)30-24(36)19-3-1-18(31-40(37,38)12-11-34)14-20(19)32-9-7-25(5-6-25)8-10-32/h1-4,13-14,31,34H,5-12,15-16H2,(H,30,36). The van der Waals surface area contributed by atoms with Gasteiger partial charge < -0.3 is 20.1 Å². The van der Waals surface area contributed by atoms with Crippen LogP contribution in [0.2, 0.25) is 0 Å². The number of benzene rings is 2. The van der Waals surface area contributed by atoms with Gasteiger partial charge in [0.2, 0.25) is 10.0 Å². The third-order valence-electron chi connectivity index (χ3n) is 7.49. The molecule has 3 N–H and O–H groups in total. The monoisotopic (exact) mass is 582 g/mol. The molecule has 3 aliphatic rings. The molecule has 40 heavy (non-hydrogen) atoms. The quantitative estimate of drug-likeness (QED) is 0.436. The van der Waals surface area contributed by atoms with E-state index in [-0.39, 0.29) is 28.4 Å². The van der Waals surface area contributed by atoms with Crippen molar-refractivity contribution in [1.29, 1.82) is 0 Å². The second kappa shape index (κ2) is 10.5. The number of aliphatic hydroxyl groups excluding tert-OH is 1. The lowest BCUT2D eigenvalue weighted by atomic mass is 9.93. The van der Waals surface area contributed by atoms with Gasteiger partial charge in [0.15, 0.2) is 6.61 Å². The molecule has 0 bridgehead atoms. The van der Waals surface area contributed by atoms with Gasteiger partial charge in [-0.1, -0.05) is 0 Å². The number of halogens is 3. The molecule has 1 saturated heterocycles. The molecule has 10 nitrogen and oxygen atoms in total. The highest BCUT2D eigenvalue weighted by molar-refractivity contribution is 7.92. The number of hydrogen-bond acceptors (Lipinski definition) is 7. The SMILES string of the molecule is O=C(Nc1ccc2c(c1)N(CC(F)(F)F)C(=O)CO2)c1ccc(NS(=O)(=O)CCO)cc1N1CCC2(CC1)CC2. The molecule has 1 spiro atoms. The Morgan fingerprint density at radius 1 is 1.02 bits per heavy atom. The van der Waals surface area contributed by atoms with Gasteiger partial charge in [-0.2, -0.15) is 13.2 Å². The second-order valence-corrected chi connectivity index (χ2v) is 12.2. The first-order chi connectivity index (χ1) is 18.9. The van der Waals surface area contributed by atoms with E-state index in [1.54, 1.807) is 6.07 Å². The minimum atomic E-state index is -4.63. The van der Waals surface area contributed by atoms with E-state index in [1.807, 2.05) is 4.90 Å². The van der Waals surface area contributed by atoms with Crippen molar-refractivity contribution in [3.8, 4) is 5.75 Å². The fourth-order valence-electron chi connectivity index (χ4n) is 5.13. The van der Waals surface area contributed by atoms with Gasteiger partial charge in [0.05, 0.1) is 35.0 Å². The number of amides is 2. The molecule has 2 fully saturated rings. The lowest BCUT2D eigenvalue weighted by molar-refractivity contribution is -0.134. The first-order valence-electron chi connectivity index (χ1n) is 12.8. The first kappa shape index (κ1) is 28.0. The minimum Gasteiger partial charge on any atom is -0.482 e. The maximum atomic E-state index is 13.5. The van der Waals surface area contributed by atoms with Crippen molar-refractivity contribution in [3.63, 3.8) is 0 Å². The number of fused-ring (bicyclic) bond motifs is 1. The number of carbonyl (C=O) groups is 2. The number of nitrogens with one attached hydrogen (secondary N) is 2. The number of hydrogen-bond donors (Lipinski definition) is 3. The zero-order valence-electron chi connectivity index (χ0n) is 21.5. The van der Waals surface area contributed by atoms with Crippen LogP contribution in [0.3, 0.4) is 0 Å². The number of rotatable bonds is 8. The lowest BCUT2D eigenvalue weighted by Crippen LogP contribution is -2.44. The zero-order valence-corrected chi connectivity index (χ0v) is 22.3. The van der Waals surface area contributed by atoms with E-state index in [9.17, 15) is 31.2 Å². The van der Waals surface area contributed by atoms with Gasteiger partial charge in [-0.25, -0.2) is 8.42 Å². The summed E-state index contributed by atoms with van der Waals surface area (Å²) in [6.07, 6.45) is -0.395. The fraction of sp³-hybridized carbons (Fsp3) is 0.462. The van der Waals surface area contributed by atoms with Crippen LogP contribution < -0.4 is 24.6 Å². The van der Waals surface area contributed by atoms with Crippen LogP contribution in [0.25, 0.3) is 0 Å². The van der Waals surface area contributed by atoms with Crippen molar-refractivity contribution in [2.75, 3.05) is 58.4 Å². The van der Waals surface area contributed by atoms with E-state index in [4.69, 9.17) is 9.84 Å². The summed E-state index contributed by atoms with van der Waals surface area (Å²) in [5.41, 5.74) is 1.39. The predicted octanol–water partition coefficient (Wildman–Crippen LogP) is 3.34. The molecule has 2 amide bonds. The molecule has 0 aromatic heterocycles. The van der Waals surface area contributed by atoms with Crippen LogP contribution in [0.5, 0.6) is 5.75 Å². The number of piperidine rings is 1. The van der Waals surface area contributed by atoms with E-state index in [0.29, 0.717) is 29.1 Å². The highest BCUT2D eigenvalue weighted by atomic mass is 32.2. The molecule has 216 valence electrons. The van der Waals surface area contributed by atoms with Gasteiger partial charge in [-0.05, 0) is 67.5 Å². The first-order valence-corrected chi connectivity index (χ1v) is 14.5. The van der Waals surface area contributed by atoms with Gasteiger partial charge in [0.25, 0.3) is 11.8 Å². The smallest absolute Gasteiger partial charge is 0.406 e. The topological polar surface area (TPSA) is 128 Å². The number of nitrogens with zero attached hydrogens (tertiary/aromatic N) is 2. The Kier molecular flexibility index (Phi) is 7.33. The van der Waals surface area contributed by atoms with Gasteiger partial charge in [0, 0.05) is 18.8 Å². The van der Waals surface area contributed by atoms with Crippen LogP contribution in [-0.4, -0.2) is 70.1 Å². The Labute approximate surface area is 229 Å². The molecule has 2 aromatic rings. The Hall–Kier alpha value is -3.52. The Morgan fingerprint density at radius 3 is 2.35 bits per heavy atom. The molecule has 1 aliphatic carbocycles. The normalized spacial score (nSPS) is 18.2. The average Bonchev–Trinajstić information content (AvgIpc) is 3.64. The van der Waals surface area contributed by atoms with Gasteiger partial charge in [-0.15, -0.1) is 0 Å². The van der Waals surface area contributed by atoms with Crippen molar-refractivity contribution < 1.29 is 41.0 Å². The molecular weight excluding hydrogens is 553 g/mol. The van der Waals surface area contributed by atoms with Crippen LogP contribution in [0, 0.1) is 5.41 Å². The second-order valence-electron chi connectivity index (χ2n) is 10.4. The van der Waals surface area contributed by atoms with E-state index in [1.165, 1.54) is 43.2 Å². The molecular formula is C26H29F3N4O6S. The molecule has 2 aliphatic heterocycles. The number of carbonyl (C=O) groups excluding carboxylic acids is 2. The fourth-order valence-corrected chi connectivity index (χ4v) is 5.96. The summed E-state index contributed by atoms with van der Waals surface area (Å²) in [5.74, 6) is -1.80. The lowest BCUT2D eigenvalue weighted by Gasteiger charge is -2.35. The molecule has 2 aromatic carbocycles. The molecule has 2 heterocycles. The van der Waals surface area contributed by atoms with Crippen molar-refractivity contribution in [2.24, 2.45) is 5.41 Å². The molecule has 0 atom stereocenters. The van der Waals surface area contributed by atoms with Crippen molar-refractivity contribution in [2.45, 2.75) is 31.9 Å². The number of aliphatic hydroxyl groups is 1. The van der Waals surface area contributed by atoms with E-state index in [0.717, 1.165) is 12.8 Å². The van der Waals surface area contributed by atoms with Crippen molar-refractivity contribution >= 4 is 44.6 Å². The van der Waals surface area contributed by atoms with Crippen LogP contribution in [0.15, 0.2) is 36.4 Å². The highest BCUT2D eigenvalue weighted by Gasteiger charge is 2.44. The molecule has 1 saturated carbocycles. The maximum Gasteiger partial charge on any atom is 0.406 e. The Bertz CT molecular complexity index is 1420. The number of sulfonamides is 1. The summed E-state index contributed by atoms with van der Waals surface area (Å²) in [5, 5.41) is 11.7. The molecule has 0 radical (unpaired) electrons. The summed E-state index contributed by atoms with van der Waals surface area (Å²) >= 11 is 0. The van der Waals surface area contributed by atoms with Crippen LogP contribution in [0.4, 0.5) is 35.9 Å². The number of alkyl halides is 3. The Morgan fingerprint density at radius 2 is 1.70 bits per heavy atom. The summed E-state index contributed by atoms with van der Waals surface area (Å²) in [6, 6.07) is 8.59.